The van der Waals surface area contributed by atoms with Gasteiger partial charge in [-0.15, -0.1) is 0 Å². The van der Waals surface area contributed by atoms with Gasteiger partial charge in [0.05, 0.1) is 6.10 Å². The van der Waals surface area contributed by atoms with E-state index in [1.54, 1.807) is 0 Å². The highest BCUT2D eigenvalue weighted by Crippen LogP contribution is 2.44. The molecule has 1 aliphatic rings. The lowest BCUT2D eigenvalue weighted by molar-refractivity contribution is 0.0618. The van der Waals surface area contributed by atoms with Crippen molar-refractivity contribution >= 4 is 0 Å². The van der Waals surface area contributed by atoms with E-state index in [0.717, 1.165) is 5.56 Å². The zero-order valence-electron chi connectivity index (χ0n) is 13.5. The molecular formula is C19H26O. The summed E-state index contributed by atoms with van der Waals surface area (Å²) in [7, 11) is 0. The molecule has 1 heteroatoms. The van der Waals surface area contributed by atoms with Gasteiger partial charge in [0.25, 0.3) is 0 Å². The molecule has 1 nitrogen and oxygen atoms in total. The molecule has 0 heterocycles. The smallest absolute Gasteiger partial charge is 0.0841 e. The van der Waals surface area contributed by atoms with Crippen LogP contribution < -0.4 is 0 Å². The Morgan fingerprint density at radius 1 is 1.05 bits per heavy atom. The molecule has 0 aromatic heterocycles. The van der Waals surface area contributed by atoms with E-state index in [1.165, 1.54) is 22.3 Å². The van der Waals surface area contributed by atoms with E-state index in [9.17, 15) is 5.11 Å². The van der Waals surface area contributed by atoms with Crippen molar-refractivity contribution in [3.05, 3.63) is 58.2 Å². The summed E-state index contributed by atoms with van der Waals surface area (Å²) in [5.74, 6) is 0.322. The number of aliphatic hydroxyl groups excluding tert-OH is 1. The molecule has 20 heavy (non-hydrogen) atoms. The van der Waals surface area contributed by atoms with Crippen LogP contribution >= 0.6 is 0 Å². The highest BCUT2D eigenvalue weighted by molar-refractivity contribution is 5.51. The van der Waals surface area contributed by atoms with Crippen LogP contribution in [-0.4, -0.2) is 5.11 Å². The van der Waals surface area contributed by atoms with Gasteiger partial charge in [-0.2, -0.15) is 0 Å². The van der Waals surface area contributed by atoms with Crippen LogP contribution in [0, 0.1) is 5.41 Å². The number of hydrogen-bond acceptors (Lipinski definition) is 1. The Hall–Kier alpha value is -1.34. The van der Waals surface area contributed by atoms with Crippen LogP contribution in [0.2, 0.25) is 0 Å². The van der Waals surface area contributed by atoms with Crippen molar-refractivity contribution in [1.29, 1.82) is 0 Å². The molecule has 0 saturated carbocycles. The second-order valence-electron chi connectivity index (χ2n) is 7.08. The van der Waals surface area contributed by atoms with Crippen LogP contribution in [0.1, 0.15) is 64.7 Å². The Kier molecular flexibility index (Phi) is 3.93. The molecule has 2 atom stereocenters. The van der Waals surface area contributed by atoms with Crippen LogP contribution in [-0.2, 0) is 0 Å². The average Bonchev–Trinajstić information content (AvgIpc) is 2.61. The normalized spacial score (nSPS) is 21.1. The van der Waals surface area contributed by atoms with Crippen LogP contribution in [0.3, 0.4) is 0 Å². The fourth-order valence-electron chi connectivity index (χ4n) is 3.08. The Morgan fingerprint density at radius 2 is 1.65 bits per heavy atom. The van der Waals surface area contributed by atoms with Crippen LogP contribution in [0.5, 0.6) is 0 Å². The molecule has 1 aliphatic carbocycles. The van der Waals surface area contributed by atoms with Gasteiger partial charge in [-0.1, -0.05) is 67.8 Å². The van der Waals surface area contributed by atoms with Gasteiger partial charge in [-0.25, -0.2) is 0 Å². The van der Waals surface area contributed by atoms with Gasteiger partial charge in [0.1, 0.15) is 0 Å². The molecular weight excluding hydrogens is 244 g/mol. The van der Waals surface area contributed by atoms with Crippen molar-refractivity contribution in [1.82, 2.24) is 0 Å². The second kappa shape index (κ2) is 5.21. The summed E-state index contributed by atoms with van der Waals surface area (Å²) in [5, 5.41) is 10.7. The number of aliphatic hydroxyl groups is 1. The van der Waals surface area contributed by atoms with Crippen LogP contribution in [0.15, 0.2) is 47.1 Å². The topological polar surface area (TPSA) is 20.2 Å². The number of rotatable bonds is 2. The molecule has 1 aromatic rings. The molecule has 0 radical (unpaired) electrons. The molecule has 108 valence electrons. The largest absolute Gasteiger partial charge is 0.388 e. The van der Waals surface area contributed by atoms with Gasteiger partial charge in [0.2, 0.25) is 0 Å². The first-order valence-corrected chi connectivity index (χ1v) is 7.36. The summed E-state index contributed by atoms with van der Waals surface area (Å²) in [6, 6.07) is 8.32. The summed E-state index contributed by atoms with van der Waals surface area (Å²) in [5.41, 5.74) is 6.28. The van der Waals surface area contributed by atoms with Gasteiger partial charge >= 0.3 is 0 Å². The van der Waals surface area contributed by atoms with Crippen LogP contribution in [0.4, 0.5) is 0 Å². The summed E-state index contributed by atoms with van der Waals surface area (Å²) in [4.78, 5) is 0. The van der Waals surface area contributed by atoms with Gasteiger partial charge < -0.3 is 5.11 Å². The molecule has 0 bridgehead atoms. The van der Waals surface area contributed by atoms with E-state index in [-0.39, 0.29) is 5.41 Å². The molecule has 0 saturated heterocycles. The predicted octanol–water partition coefficient (Wildman–Crippen LogP) is 5.15. The molecule has 2 rings (SSSR count). The Balaban J connectivity index is 2.52. The minimum absolute atomic E-state index is 0.154. The maximum absolute atomic E-state index is 10.7. The van der Waals surface area contributed by atoms with E-state index < -0.39 is 6.10 Å². The SMILES string of the molecule is CC1=CC(C)=C(C)C1c1ccccc1C(O)C(C)(C)C. The molecule has 1 aromatic carbocycles. The molecule has 2 unspecified atom stereocenters. The van der Waals surface area contributed by atoms with Crippen molar-refractivity contribution in [3.63, 3.8) is 0 Å². The molecule has 0 amide bonds. The van der Waals surface area contributed by atoms with E-state index in [4.69, 9.17) is 0 Å². The van der Waals surface area contributed by atoms with E-state index >= 15 is 0 Å². The molecule has 0 aliphatic heterocycles. The lowest BCUT2D eigenvalue weighted by Crippen LogP contribution is -2.20. The van der Waals surface area contributed by atoms with Gasteiger partial charge in [-0.05, 0) is 37.3 Å². The van der Waals surface area contributed by atoms with Crippen molar-refractivity contribution < 1.29 is 5.11 Å². The summed E-state index contributed by atoms with van der Waals surface area (Å²) < 4.78 is 0. The summed E-state index contributed by atoms with van der Waals surface area (Å²) in [6.45, 7) is 12.8. The van der Waals surface area contributed by atoms with E-state index in [0.29, 0.717) is 5.92 Å². The van der Waals surface area contributed by atoms with Crippen molar-refractivity contribution in [3.8, 4) is 0 Å². The van der Waals surface area contributed by atoms with E-state index in [1.807, 2.05) is 6.07 Å². The molecule has 0 spiro atoms. The fraction of sp³-hybridized carbons (Fsp3) is 0.474. The third-order valence-electron chi connectivity index (χ3n) is 4.38. The highest BCUT2D eigenvalue weighted by Gasteiger charge is 2.30. The van der Waals surface area contributed by atoms with Crippen molar-refractivity contribution in [2.24, 2.45) is 5.41 Å². The van der Waals surface area contributed by atoms with E-state index in [2.05, 4.69) is 65.8 Å². The van der Waals surface area contributed by atoms with Crippen molar-refractivity contribution in [2.45, 2.75) is 53.6 Å². The zero-order valence-corrected chi connectivity index (χ0v) is 13.5. The quantitative estimate of drug-likeness (QED) is 0.788. The average molecular weight is 270 g/mol. The second-order valence-corrected chi connectivity index (χ2v) is 7.08. The molecule has 0 fully saturated rings. The number of hydrogen-bond donors (Lipinski definition) is 1. The number of benzene rings is 1. The Labute approximate surface area is 123 Å². The first kappa shape index (κ1) is 15.1. The predicted molar refractivity (Wildman–Crippen MR) is 85.7 cm³/mol. The minimum atomic E-state index is -0.444. The van der Waals surface area contributed by atoms with Gasteiger partial charge in [-0.3, -0.25) is 0 Å². The highest BCUT2D eigenvalue weighted by atomic mass is 16.3. The maximum Gasteiger partial charge on any atom is 0.0841 e. The minimum Gasteiger partial charge on any atom is -0.388 e. The third-order valence-corrected chi connectivity index (χ3v) is 4.38. The first-order chi connectivity index (χ1) is 9.23. The first-order valence-electron chi connectivity index (χ1n) is 7.36. The van der Waals surface area contributed by atoms with Crippen molar-refractivity contribution in [2.75, 3.05) is 0 Å². The lowest BCUT2D eigenvalue weighted by atomic mass is 9.78. The zero-order chi connectivity index (χ0) is 15.1. The monoisotopic (exact) mass is 270 g/mol. The summed E-state index contributed by atoms with van der Waals surface area (Å²) >= 11 is 0. The van der Waals surface area contributed by atoms with Gasteiger partial charge in [0.15, 0.2) is 0 Å². The molecule has 1 N–H and O–H groups in total. The van der Waals surface area contributed by atoms with Crippen LogP contribution in [0.25, 0.3) is 0 Å². The fourth-order valence-corrected chi connectivity index (χ4v) is 3.08. The Morgan fingerprint density at radius 3 is 2.15 bits per heavy atom. The summed E-state index contributed by atoms with van der Waals surface area (Å²) in [6.07, 6.45) is 1.82. The number of allylic oxidation sites excluding steroid dienone is 4. The lowest BCUT2D eigenvalue weighted by Gasteiger charge is -2.30. The Bertz CT molecular complexity index is 570. The standard InChI is InChI=1S/C19H26O/c1-12-11-13(2)17(14(12)3)15-9-7-8-10-16(15)18(20)19(4,5)6/h7-11,17-18,20H,1-6H3. The van der Waals surface area contributed by atoms with Gasteiger partial charge in [0, 0.05) is 5.92 Å². The third kappa shape index (κ3) is 2.60. The maximum atomic E-state index is 10.7.